The first-order chi connectivity index (χ1) is 51.3. The lowest BCUT2D eigenvalue weighted by atomic mass is 9.92. The van der Waals surface area contributed by atoms with E-state index in [1.165, 1.54) is 134 Å². The maximum absolute atomic E-state index is 5.43. The van der Waals surface area contributed by atoms with Crippen LogP contribution in [0.4, 0.5) is 0 Å². The van der Waals surface area contributed by atoms with Crippen molar-refractivity contribution in [2.75, 3.05) is 0 Å². The van der Waals surface area contributed by atoms with E-state index in [4.69, 9.17) is 9.97 Å². The standard InChI is InChI=1S/C49H36N4.C48H38N4/c1-29-9-5-13-33(25-29)45-37-17-19-39-46(34-14-6-10-30(2)26-34)41-21-23-43-48(36-16-8-12-32(4)28-36)44-24-22-42-47(35-15-7-11-31(3)27-35)40-20-18-38(45)51(40)49(50(37)39,52(41)43)53(42)44;1-29-9-5-13-33(25-29)45-37-17-19-39(49-37)46(34-14-6-10-30(2)26-34)41-21-23-43(51-41)48(36-16-8-12-32(4)28-36)44-24-22-42(52-44)47(40-20-18-38(45)50-40)35-15-7-11-31(3)27-35/h5-28H,1-4H3;5-28,49,52H,1-4H3/q+2;. The fraction of sp³-hybridized carbons (Fsp3) is 0.0928. The van der Waals surface area contributed by atoms with Gasteiger partial charge in [-0.25, -0.2) is 9.97 Å². The van der Waals surface area contributed by atoms with Crippen molar-refractivity contribution >= 4 is 80.1 Å². The molecule has 0 atom stereocenters. The van der Waals surface area contributed by atoms with E-state index in [1.54, 1.807) is 0 Å². The zero-order valence-corrected chi connectivity index (χ0v) is 59.9. The van der Waals surface area contributed by atoms with Gasteiger partial charge in [-0.1, -0.05) is 248 Å². The number of fused-ring (bicyclic) bond motifs is 8. The van der Waals surface area contributed by atoms with Crippen molar-refractivity contribution in [2.45, 2.75) is 61.3 Å². The number of aromatic amines is 2. The summed E-state index contributed by atoms with van der Waals surface area (Å²) in [6.45, 7) is 17.3. The van der Waals surface area contributed by atoms with Gasteiger partial charge in [0, 0.05) is 68.6 Å². The third-order valence-corrected chi connectivity index (χ3v) is 22.0. The average molecular weight is 1350 g/mol. The van der Waals surface area contributed by atoms with Crippen molar-refractivity contribution in [2.24, 2.45) is 0 Å². The first kappa shape index (κ1) is 61.8. The van der Waals surface area contributed by atoms with Gasteiger partial charge in [0.2, 0.25) is 22.8 Å². The molecule has 8 aromatic carbocycles. The van der Waals surface area contributed by atoms with Gasteiger partial charge in [-0.05, 0) is 173 Å². The Balaban J connectivity index is 0.000000140. The molecule has 5 aromatic heterocycles. The molecule has 13 heterocycles. The summed E-state index contributed by atoms with van der Waals surface area (Å²) >= 11 is 0. The molecule has 0 amide bonds. The smallest absolute Gasteiger partial charge is 0.354 e. The van der Waals surface area contributed by atoms with Crippen LogP contribution in [0, 0.1) is 55.4 Å². The van der Waals surface area contributed by atoms with Crippen LogP contribution in [-0.4, -0.2) is 49.6 Å². The molecule has 8 aliphatic heterocycles. The van der Waals surface area contributed by atoms with Crippen molar-refractivity contribution in [3.05, 3.63) is 390 Å². The first-order valence-electron chi connectivity index (χ1n) is 36.4. The Morgan fingerprint density at radius 1 is 0.267 bits per heavy atom. The predicted octanol–water partition coefficient (Wildman–Crippen LogP) is 20.2. The van der Waals surface area contributed by atoms with Crippen LogP contribution in [0.5, 0.6) is 0 Å². The molecule has 500 valence electrons. The van der Waals surface area contributed by atoms with Gasteiger partial charge in [-0.2, -0.15) is 9.13 Å². The van der Waals surface area contributed by atoms with E-state index in [0.29, 0.717) is 0 Å². The highest BCUT2D eigenvalue weighted by atomic mass is 15.6. The maximum atomic E-state index is 5.43. The fourth-order valence-corrected chi connectivity index (χ4v) is 17.7. The molecule has 2 N–H and O–H groups in total. The molecule has 13 aromatic rings. The Morgan fingerprint density at radius 2 is 0.533 bits per heavy atom. The summed E-state index contributed by atoms with van der Waals surface area (Å²) in [7, 11) is 0. The lowest BCUT2D eigenvalue weighted by molar-refractivity contribution is -0.834. The maximum Gasteiger partial charge on any atom is 0.553 e. The van der Waals surface area contributed by atoms with E-state index in [2.05, 4.69) is 375 Å². The Kier molecular flexibility index (Phi) is 13.8. The molecule has 0 unspecified atom stereocenters. The van der Waals surface area contributed by atoms with E-state index in [1.807, 2.05) is 0 Å². The first-order valence-corrected chi connectivity index (χ1v) is 36.4. The Morgan fingerprint density at radius 3 is 0.819 bits per heavy atom. The Hall–Kier alpha value is -13.0. The number of rotatable bonds is 8. The second-order valence-electron chi connectivity index (χ2n) is 29.3. The molecule has 0 radical (unpaired) electrons. The molecular formula is C97H74N8+2. The van der Waals surface area contributed by atoms with E-state index < -0.39 is 5.91 Å². The number of benzene rings is 8. The normalized spacial score (nSPS) is 15.0. The summed E-state index contributed by atoms with van der Waals surface area (Å²) in [5.74, 6) is -0.772. The zero-order chi connectivity index (χ0) is 70.7. The number of H-pyrrole nitrogens is 2. The molecule has 8 bridgehead atoms. The van der Waals surface area contributed by atoms with Crippen LogP contribution in [0.1, 0.15) is 101 Å². The second-order valence-corrected chi connectivity index (χ2v) is 29.3. The van der Waals surface area contributed by atoms with Crippen LogP contribution in [0.15, 0.2) is 278 Å². The average Bonchev–Trinajstić information content (AvgIpc) is 1.51. The lowest BCUT2D eigenvalue weighted by Gasteiger charge is -2.41. The molecule has 1 spiro atoms. The van der Waals surface area contributed by atoms with Gasteiger partial charge in [0.15, 0.2) is 0 Å². The van der Waals surface area contributed by atoms with E-state index in [-0.39, 0.29) is 0 Å². The number of nitrogens with one attached hydrogen (secondary N) is 2. The predicted molar refractivity (Wildman–Crippen MR) is 432 cm³/mol. The molecule has 8 heteroatoms. The molecular weight excluding hydrogens is 1280 g/mol. The summed E-state index contributed by atoms with van der Waals surface area (Å²) < 4.78 is 10.7. The molecule has 0 saturated heterocycles. The van der Waals surface area contributed by atoms with Gasteiger partial charge in [0.25, 0.3) is 0 Å². The number of nitrogens with zero attached hydrogens (tertiary/aromatic N) is 6. The van der Waals surface area contributed by atoms with Crippen molar-refractivity contribution in [3.63, 3.8) is 0 Å². The van der Waals surface area contributed by atoms with Gasteiger partial charge >= 0.3 is 5.91 Å². The lowest BCUT2D eigenvalue weighted by Crippen LogP contribution is -2.71. The van der Waals surface area contributed by atoms with Crippen molar-refractivity contribution in [3.8, 4) is 44.5 Å². The van der Waals surface area contributed by atoms with Gasteiger partial charge in [-0.3, -0.25) is 0 Å². The van der Waals surface area contributed by atoms with E-state index in [9.17, 15) is 0 Å². The number of hydrogen-bond donors (Lipinski definition) is 2. The summed E-state index contributed by atoms with van der Waals surface area (Å²) in [6, 6.07) is 89.1. The van der Waals surface area contributed by atoms with Gasteiger partial charge in [-0.15, -0.1) is 0 Å². The number of hydrogen-bond acceptors (Lipinski definition) is 2. The number of allylic oxidation sites excluding steroid dienone is 4. The van der Waals surface area contributed by atoms with E-state index >= 15 is 0 Å². The van der Waals surface area contributed by atoms with Gasteiger partial charge < -0.3 is 9.97 Å². The molecule has 8 nitrogen and oxygen atoms in total. The van der Waals surface area contributed by atoms with Crippen LogP contribution < -0.4 is 10.7 Å². The highest BCUT2D eigenvalue weighted by Crippen LogP contribution is 2.54. The summed E-state index contributed by atoms with van der Waals surface area (Å²) in [5, 5.41) is 2.45. The Bertz CT molecular complexity index is 6100. The number of aryl methyl sites for hydroxylation is 8. The zero-order valence-electron chi connectivity index (χ0n) is 59.9. The highest BCUT2D eigenvalue weighted by molar-refractivity contribution is 6.30. The summed E-state index contributed by atoms with van der Waals surface area (Å²) in [5.41, 5.74) is 43.4. The van der Waals surface area contributed by atoms with Crippen LogP contribution in [0.25, 0.3) is 113 Å². The SMILES string of the molecule is Cc1cccc(-c2c3nc(c(-c4cccc(C)c4)c4ccc([nH]4)c(-c4cccc(C)c4)c4nc(c(-c5cccc(C)c5)c5ccc2[nH]5)C=C4)C=C3)c1.Cc1cccc(C2=C3C=CC4=[N+]3C35n6c2ccc6C(c2cccc(C)c2)=C2C=CC(=[N+]23)C(c2cccc(C)c2)=c2ccc(n25)=C4c2cccc(C)c2)c1. The minimum atomic E-state index is -0.772. The third kappa shape index (κ3) is 9.52. The van der Waals surface area contributed by atoms with Crippen LogP contribution >= 0.6 is 0 Å². The van der Waals surface area contributed by atoms with Crippen molar-refractivity contribution in [1.82, 2.24) is 29.1 Å². The van der Waals surface area contributed by atoms with Crippen molar-refractivity contribution in [1.29, 1.82) is 0 Å². The summed E-state index contributed by atoms with van der Waals surface area (Å²) in [4.78, 5) is 18.6. The fourth-order valence-electron chi connectivity index (χ4n) is 17.7. The monoisotopic (exact) mass is 1350 g/mol. The molecule has 21 rings (SSSR count). The Labute approximate surface area is 610 Å². The third-order valence-electron chi connectivity index (χ3n) is 22.0. The highest BCUT2D eigenvalue weighted by Gasteiger charge is 2.73. The van der Waals surface area contributed by atoms with Crippen LogP contribution in [0.3, 0.4) is 0 Å². The van der Waals surface area contributed by atoms with Gasteiger partial charge in [0.05, 0.1) is 67.2 Å². The molecule has 8 aliphatic rings. The molecule has 0 saturated carbocycles. The largest absolute Gasteiger partial charge is 0.553 e. The second kappa shape index (κ2) is 23.5. The van der Waals surface area contributed by atoms with Crippen LogP contribution in [-0.2, 0) is 5.91 Å². The van der Waals surface area contributed by atoms with Crippen LogP contribution in [0.2, 0.25) is 0 Å². The minimum absolute atomic E-state index is 0.772. The quantitative estimate of drug-likeness (QED) is 0.149. The molecule has 0 aliphatic carbocycles. The molecule has 105 heavy (non-hydrogen) atoms. The van der Waals surface area contributed by atoms with Gasteiger partial charge in [0.1, 0.15) is 0 Å². The summed E-state index contributed by atoms with van der Waals surface area (Å²) in [6.07, 6.45) is 18.1. The molecule has 0 fully saturated rings. The topological polar surface area (TPSA) is 73.2 Å². The van der Waals surface area contributed by atoms with E-state index in [0.717, 1.165) is 89.4 Å². The number of aromatic nitrogens is 6. The minimum Gasteiger partial charge on any atom is -0.354 e. The van der Waals surface area contributed by atoms with Crippen molar-refractivity contribution < 1.29 is 9.15 Å².